The molecule has 0 bridgehead atoms. The highest BCUT2D eigenvalue weighted by Gasteiger charge is 2.13. The second-order valence-corrected chi connectivity index (χ2v) is 3.50. The lowest BCUT2D eigenvalue weighted by atomic mass is 9.95. The SMILES string of the molecule is CCNC(C)C(CC)CCOCC. The van der Waals surface area contributed by atoms with E-state index in [1.165, 1.54) is 12.8 Å². The van der Waals surface area contributed by atoms with E-state index in [4.69, 9.17) is 4.74 Å². The molecule has 0 aromatic rings. The van der Waals surface area contributed by atoms with Crippen molar-refractivity contribution in [3.63, 3.8) is 0 Å². The van der Waals surface area contributed by atoms with Crippen molar-refractivity contribution < 1.29 is 4.74 Å². The zero-order valence-electron chi connectivity index (χ0n) is 9.60. The van der Waals surface area contributed by atoms with E-state index in [0.29, 0.717) is 6.04 Å². The first kappa shape index (κ1) is 12.9. The molecule has 0 aromatic heterocycles. The highest BCUT2D eigenvalue weighted by Crippen LogP contribution is 2.13. The monoisotopic (exact) mass is 187 g/mol. The molecule has 2 nitrogen and oxygen atoms in total. The van der Waals surface area contributed by atoms with Crippen LogP contribution in [0.1, 0.15) is 40.5 Å². The molecule has 0 aliphatic heterocycles. The fourth-order valence-electron chi connectivity index (χ4n) is 1.68. The van der Waals surface area contributed by atoms with Crippen LogP contribution in [0.15, 0.2) is 0 Å². The van der Waals surface area contributed by atoms with Crippen LogP contribution in [-0.2, 0) is 4.74 Å². The molecule has 0 aromatic carbocycles. The van der Waals surface area contributed by atoms with Gasteiger partial charge < -0.3 is 10.1 Å². The average molecular weight is 187 g/mol. The molecule has 0 saturated carbocycles. The molecule has 0 saturated heterocycles. The van der Waals surface area contributed by atoms with Crippen molar-refractivity contribution in [3.8, 4) is 0 Å². The molecule has 0 fully saturated rings. The van der Waals surface area contributed by atoms with Crippen molar-refractivity contribution in [2.24, 2.45) is 5.92 Å². The van der Waals surface area contributed by atoms with Gasteiger partial charge in [0, 0.05) is 19.3 Å². The first-order valence-corrected chi connectivity index (χ1v) is 5.57. The quantitative estimate of drug-likeness (QED) is 0.589. The van der Waals surface area contributed by atoms with Gasteiger partial charge in [-0.15, -0.1) is 0 Å². The van der Waals surface area contributed by atoms with E-state index < -0.39 is 0 Å². The topological polar surface area (TPSA) is 21.3 Å². The molecular weight excluding hydrogens is 162 g/mol. The smallest absolute Gasteiger partial charge is 0.0469 e. The Morgan fingerprint density at radius 1 is 1.23 bits per heavy atom. The normalized spacial score (nSPS) is 15.7. The Morgan fingerprint density at radius 3 is 2.38 bits per heavy atom. The van der Waals surface area contributed by atoms with Gasteiger partial charge >= 0.3 is 0 Å². The van der Waals surface area contributed by atoms with Gasteiger partial charge in [0.15, 0.2) is 0 Å². The van der Waals surface area contributed by atoms with Gasteiger partial charge in [-0.25, -0.2) is 0 Å². The van der Waals surface area contributed by atoms with E-state index in [0.717, 1.165) is 25.7 Å². The molecule has 0 radical (unpaired) electrons. The largest absolute Gasteiger partial charge is 0.382 e. The Morgan fingerprint density at radius 2 is 1.92 bits per heavy atom. The highest BCUT2D eigenvalue weighted by molar-refractivity contribution is 4.70. The molecule has 0 heterocycles. The van der Waals surface area contributed by atoms with Crippen molar-refractivity contribution in [2.45, 2.75) is 46.6 Å². The summed E-state index contributed by atoms with van der Waals surface area (Å²) in [5.41, 5.74) is 0. The predicted molar refractivity (Wildman–Crippen MR) is 58.0 cm³/mol. The molecule has 1 N–H and O–H groups in total. The van der Waals surface area contributed by atoms with Crippen LogP contribution in [0.4, 0.5) is 0 Å². The molecule has 2 heteroatoms. The summed E-state index contributed by atoms with van der Waals surface area (Å²) in [6.45, 7) is 11.5. The summed E-state index contributed by atoms with van der Waals surface area (Å²) in [5, 5.41) is 3.47. The second kappa shape index (κ2) is 8.52. The third-order valence-corrected chi connectivity index (χ3v) is 2.59. The Labute approximate surface area is 83.1 Å². The van der Waals surface area contributed by atoms with Gasteiger partial charge in [0.1, 0.15) is 0 Å². The molecule has 0 amide bonds. The average Bonchev–Trinajstić information content (AvgIpc) is 2.13. The van der Waals surface area contributed by atoms with Crippen molar-refractivity contribution >= 4 is 0 Å². The van der Waals surface area contributed by atoms with Gasteiger partial charge in [-0.3, -0.25) is 0 Å². The van der Waals surface area contributed by atoms with Crippen molar-refractivity contribution in [2.75, 3.05) is 19.8 Å². The number of rotatable bonds is 8. The Hall–Kier alpha value is -0.0800. The van der Waals surface area contributed by atoms with Gasteiger partial charge in [0.2, 0.25) is 0 Å². The maximum atomic E-state index is 5.37. The highest BCUT2D eigenvalue weighted by atomic mass is 16.5. The van der Waals surface area contributed by atoms with Crippen LogP contribution in [-0.4, -0.2) is 25.8 Å². The first-order valence-electron chi connectivity index (χ1n) is 5.57. The van der Waals surface area contributed by atoms with E-state index in [9.17, 15) is 0 Å². The number of hydrogen-bond acceptors (Lipinski definition) is 2. The lowest BCUT2D eigenvalue weighted by Crippen LogP contribution is -2.33. The Kier molecular flexibility index (Phi) is 8.46. The van der Waals surface area contributed by atoms with Crippen LogP contribution in [0, 0.1) is 5.92 Å². The standard InChI is InChI=1S/C11H25NO/c1-5-11(8-9-13-7-3)10(4)12-6-2/h10-12H,5-9H2,1-4H3. The third-order valence-electron chi connectivity index (χ3n) is 2.59. The zero-order valence-corrected chi connectivity index (χ0v) is 9.60. The van der Waals surface area contributed by atoms with Gasteiger partial charge in [0.05, 0.1) is 0 Å². The molecule has 0 aliphatic rings. The van der Waals surface area contributed by atoms with E-state index in [1.807, 2.05) is 0 Å². The van der Waals surface area contributed by atoms with Gasteiger partial charge in [-0.2, -0.15) is 0 Å². The van der Waals surface area contributed by atoms with Crippen molar-refractivity contribution in [3.05, 3.63) is 0 Å². The van der Waals surface area contributed by atoms with E-state index in [-0.39, 0.29) is 0 Å². The summed E-state index contributed by atoms with van der Waals surface area (Å²) in [7, 11) is 0. The zero-order chi connectivity index (χ0) is 10.1. The number of nitrogens with one attached hydrogen (secondary N) is 1. The minimum atomic E-state index is 0.621. The fraction of sp³-hybridized carbons (Fsp3) is 1.00. The summed E-state index contributed by atoms with van der Waals surface area (Å²) >= 11 is 0. The third kappa shape index (κ3) is 6.05. The summed E-state index contributed by atoms with van der Waals surface area (Å²) in [5.74, 6) is 0.756. The molecule has 2 atom stereocenters. The van der Waals surface area contributed by atoms with Gasteiger partial charge in [-0.1, -0.05) is 20.3 Å². The molecule has 80 valence electrons. The van der Waals surface area contributed by atoms with Crippen LogP contribution < -0.4 is 5.32 Å². The van der Waals surface area contributed by atoms with E-state index in [1.54, 1.807) is 0 Å². The molecular formula is C11H25NO. The summed E-state index contributed by atoms with van der Waals surface area (Å²) in [6.07, 6.45) is 2.42. The maximum Gasteiger partial charge on any atom is 0.0469 e. The van der Waals surface area contributed by atoms with E-state index in [2.05, 4.69) is 33.0 Å². The van der Waals surface area contributed by atoms with Crippen LogP contribution >= 0.6 is 0 Å². The van der Waals surface area contributed by atoms with Crippen LogP contribution in [0.3, 0.4) is 0 Å². The van der Waals surface area contributed by atoms with Crippen LogP contribution in [0.2, 0.25) is 0 Å². The Bertz CT molecular complexity index is 106. The molecule has 0 rings (SSSR count). The summed E-state index contributed by atoms with van der Waals surface area (Å²) in [6, 6.07) is 0.621. The van der Waals surface area contributed by atoms with Crippen LogP contribution in [0.25, 0.3) is 0 Å². The van der Waals surface area contributed by atoms with Crippen molar-refractivity contribution in [1.29, 1.82) is 0 Å². The van der Waals surface area contributed by atoms with E-state index >= 15 is 0 Å². The summed E-state index contributed by atoms with van der Waals surface area (Å²) in [4.78, 5) is 0. The summed E-state index contributed by atoms with van der Waals surface area (Å²) < 4.78 is 5.37. The molecule has 0 spiro atoms. The lowest BCUT2D eigenvalue weighted by Gasteiger charge is -2.23. The first-order chi connectivity index (χ1) is 6.26. The predicted octanol–water partition coefficient (Wildman–Crippen LogP) is 2.44. The van der Waals surface area contributed by atoms with Gasteiger partial charge in [-0.05, 0) is 32.7 Å². The van der Waals surface area contributed by atoms with Crippen molar-refractivity contribution in [1.82, 2.24) is 5.32 Å². The Balaban J connectivity index is 3.60. The van der Waals surface area contributed by atoms with Crippen LogP contribution in [0.5, 0.6) is 0 Å². The lowest BCUT2D eigenvalue weighted by molar-refractivity contribution is 0.125. The number of hydrogen-bond donors (Lipinski definition) is 1. The molecule has 2 unspecified atom stereocenters. The van der Waals surface area contributed by atoms with Gasteiger partial charge in [0.25, 0.3) is 0 Å². The fourth-order valence-corrected chi connectivity index (χ4v) is 1.68. The maximum absolute atomic E-state index is 5.37. The minimum Gasteiger partial charge on any atom is -0.382 e. The molecule has 0 aliphatic carbocycles. The second-order valence-electron chi connectivity index (χ2n) is 3.50. The minimum absolute atomic E-state index is 0.621. The molecule has 13 heavy (non-hydrogen) atoms. The number of ether oxygens (including phenoxy) is 1.